The van der Waals surface area contributed by atoms with Crippen molar-refractivity contribution in [1.82, 2.24) is 19.0 Å². The molecule has 3 rings (SSSR count). The maximum atomic E-state index is 12.2. The van der Waals surface area contributed by atoms with Crippen LogP contribution in [0.2, 0.25) is 0 Å². The van der Waals surface area contributed by atoms with Crippen molar-refractivity contribution >= 4 is 10.2 Å². The molecule has 2 aromatic rings. The highest BCUT2D eigenvalue weighted by atomic mass is 32.2. The Balaban J connectivity index is 1.62. The molecule has 0 bridgehead atoms. The summed E-state index contributed by atoms with van der Waals surface area (Å²) in [6.45, 7) is 1.84. The summed E-state index contributed by atoms with van der Waals surface area (Å²) in [5.41, 5.74) is 2.53. The Hall–Kier alpha value is -1.87. The Morgan fingerprint density at radius 2 is 2.00 bits per heavy atom. The van der Waals surface area contributed by atoms with Crippen molar-refractivity contribution in [3.05, 3.63) is 48.4 Å². The predicted octanol–water partition coefficient (Wildman–Crippen LogP) is 0.810. The van der Waals surface area contributed by atoms with Crippen molar-refractivity contribution < 1.29 is 13.2 Å². The molecule has 1 aliphatic heterocycles. The Bertz CT molecular complexity index is 729. The van der Waals surface area contributed by atoms with Gasteiger partial charge in [-0.1, -0.05) is 6.07 Å². The quantitative estimate of drug-likeness (QED) is 0.875. The number of hydrogen-bond donors (Lipinski definition) is 1. The van der Waals surface area contributed by atoms with Crippen LogP contribution in [0.4, 0.5) is 0 Å². The molecule has 1 N–H and O–H groups in total. The number of nitrogens with zero attached hydrogens (tertiary/aromatic N) is 3. The van der Waals surface area contributed by atoms with Crippen LogP contribution in [-0.2, 0) is 21.5 Å². The Morgan fingerprint density at radius 1 is 1.17 bits per heavy atom. The zero-order valence-corrected chi connectivity index (χ0v) is 13.4. The molecule has 0 saturated carbocycles. The number of rotatable bonds is 5. The zero-order valence-electron chi connectivity index (χ0n) is 12.6. The SMILES string of the molecule is O=S(=O)(NCc1ccc(-c2cccnc2)nc1)N1CCOCC1. The summed E-state index contributed by atoms with van der Waals surface area (Å²) in [6.07, 6.45) is 5.12. The average Bonchev–Trinajstić information content (AvgIpc) is 2.62. The summed E-state index contributed by atoms with van der Waals surface area (Å²) < 4.78 is 33.5. The minimum Gasteiger partial charge on any atom is -0.379 e. The Morgan fingerprint density at radius 3 is 2.65 bits per heavy atom. The van der Waals surface area contributed by atoms with Crippen LogP contribution < -0.4 is 4.72 Å². The predicted molar refractivity (Wildman–Crippen MR) is 85.6 cm³/mol. The Kier molecular flexibility index (Phi) is 4.97. The maximum Gasteiger partial charge on any atom is 0.279 e. The van der Waals surface area contributed by atoms with Crippen LogP contribution >= 0.6 is 0 Å². The van der Waals surface area contributed by atoms with E-state index in [1.54, 1.807) is 18.6 Å². The normalized spacial score (nSPS) is 16.3. The highest BCUT2D eigenvalue weighted by Gasteiger charge is 2.23. The Labute approximate surface area is 135 Å². The molecule has 0 radical (unpaired) electrons. The third-order valence-electron chi connectivity index (χ3n) is 3.55. The molecule has 1 saturated heterocycles. The van der Waals surface area contributed by atoms with Gasteiger partial charge in [0, 0.05) is 43.8 Å². The van der Waals surface area contributed by atoms with Crippen LogP contribution in [0.1, 0.15) is 5.56 Å². The van der Waals surface area contributed by atoms with Gasteiger partial charge in [0.15, 0.2) is 0 Å². The van der Waals surface area contributed by atoms with Gasteiger partial charge in [0.05, 0.1) is 18.9 Å². The van der Waals surface area contributed by atoms with E-state index in [0.717, 1.165) is 16.8 Å². The van der Waals surface area contributed by atoms with Crippen LogP contribution in [0, 0.1) is 0 Å². The van der Waals surface area contributed by atoms with Crippen molar-refractivity contribution in [2.45, 2.75) is 6.54 Å². The lowest BCUT2D eigenvalue weighted by molar-refractivity contribution is 0.0725. The zero-order chi connectivity index (χ0) is 16.1. The number of morpholine rings is 1. The van der Waals surface area contributed by atoms with E-state index in [1.165, 1.54) is 4.31 Å². The van der Waals surface area contributed by atoms with Crippen LogP contribution in [0.25, 0.3) is 11.3 Å². The molecule has 0 unspecified atom stereocenters. The first kappa shape index (κ1) is 16.0. The molecular weight excluding hydrogens is 316 g/mol. The first-order valence-corrected chi connectivity index (χ1v) is 8.77. The molecule has 2 aromatic heterocycles. The summed E-state index contributed by atoms with van der Waals surface area (Å²) in [5.74, 6) is 0. The van der Waals surface area contributed by atoms with E-state index in [0.29, 0.717) is 26.3 Å². The van der Waals surface area contributed by atoms with Crippen LogP contribution in [0.3, 0.4) is 0 Å². The van der Waals surface area contributed by atoms with E-state index < -0.39 is 10.2 Å². The number of hydrogen-bond acceptors (Lipinski definition) is 5. The first-order chi connectivity index (χ1) is 11.1. The second-order valence-corrected chi connectivity index (χ2v) is 6.89. The molecule has 122 valence electrons. The lowest BCUT2D eigenvalue weighted by Crippen LogP contribution is -2.46. The molecule has 0 spiro atoms. The van der Waals surface area contributed by atoms with Gasteiger partial charge in [0.1, 0.15) is 0 Å². The number of pyridine rings is 2. The molecule has 0 aliphatic carbocycles. The second kappa shape index (κ2) is 7.14. The number of nitrogens with one attached hydrogen (secondary N) is 1. The van der Waals surface area contributed by atoms with Gasteiger partial charge < -0.3 is 4.74 Å². The summed E-state index contributed by atoms with van der Waals surface area (Å²) in [7, 11) is -3.48. The van der Waals surface area contributed by atoms with E-state index >= 15 is 0 Å². The van der Waals surface area contributed by atoms with Gasteiger partial charge in [-0.05, 0) is 23.8 Å². The van der Waals surface area contributed by atoms with Gasteiger partial charge in [-0.25, -0.2) is 0 Å². The van der Waals surface area contributed by atoms with E-state index in [4.69, 9.17) is 4.74 Å². The van der Waals surface area contributed by atoms with Gasteiger partial charge in [0.25, 0.3) is 10.2 Å². The molecule has 0 amide bonds. The van der Waals surface area contributed by atoms with Gasteiger partial charge in [0.2, 0.25) is 0 Å². The lowest BCUT2D eigenvalue weighted by atomic mass is 10.1. The van der Waals surface area contributed by atoms with Crippen LogP contribution in [0.5, 0.6) is 0 Å². The van der Waals surface area contributed by atoms with E-state index in [-0.39, 0.29) is 6.54 Å². The van der Waals surface area contributed by atoms with Gasteiger partial charge in [-0.2, -0.15) is 17.4 Å². The summed E-state index contributed by atoms with van der Waals surface area (Å²) in [4.78, 5) is 8.41. The fourth-order valence-corrected chi connectivity index (χ4v) is 3.43. The molecule has 3 heterocycles. The summed E-state index contributed by atoms with van der Waals surface area (Å²) in [6, 6.07) is 7.49. The smallest absolute Gasteiger partial charge is 0.279 e. The van der Waals surface area contributed by atoms with Gasteiger partial charge >= 0.3 is 0 Å². The molecular formula is C15H18N4O3S. The van der Waals surface area contributed by atoms with Gasteiger partial charge in [-0.3, -0.25) is 9.97 Å². The van der Waals surface area contributed by atoms with Crippen molar-refractivity contribution in [3.63, 3.8) is 0 Å². The first-order valence-electron chi connectivity index (χ1n) is 7.33. The van der Waals surface area contributed by atoms with Crippen molar-refractivity contribution in [2.24, 2.45) is 0 Å². The third-order valence-corrected chi connectivity index (χ3v) is 5.10. The number of aromatic nitrogens is 2. The van der Waals surface area contributed by atoms with E-state index in [9.17, 15) is 8.42 Å². The molecule has 7 nitrogen and oxygen atoms in total. The largest absolute Gasteiger partial charge is 0.379 e. The summed E-state index contributed by atoms with van der Waals surface area (Å²) >= 11 is 0. The van der Waals surface area contributed by atoms with Gasteiger partial charge in [-0.15, -0.1) is 0 Å². The van der Waals surface area contributed by atoms with Crippen molar-refractivity contribution in [2.75, 3.05) is 26.3 Å². The highest BCUT2D eigenvalue weighted by molar-refractivity contribution is 7.87. The highest BCUT2D eigenvalue weighted by Crippen LogP contribution is 2.15. The minimum absolute atomic E-state index is 0.208. The average molecular weight is 334 g/mol. The third kappa shape index (κ3) is 4.11. The minimum atomic E-state index is -3.48. The lowest BCUT2D eigenvalue weighted by Gasteiger charge is -2.26. The fraction of sp³-hybridized carbons (Fsp3) is 0.333. The topological polar surface area (TPSA) is 84.4 Å². The number of ether oxygens (including phenoxy) is 1. The van der Waals surface area contributed by atoms with Crippen LogP contribution in [0.15, 0.2) is 42.9 Å². The summed E-state index contributed by atoms with van der Waals surface area (Å²) in [5, 5.41) is 0. The fourth-order valence-electron chi connectivity index (χ4n) is 2.27. The molecule has 1 fully saturated rings. The standard InChI is InChI=1S/C15H18N4O3S/c20-23(21,19-6-8-22-9-7-19)18-11-13-3-4-15(17-10-13)14-2-1-5-16-12-14/h1-5,10,12,18H,6-9,11H2. The van der Waals surface area contributed by atoms with Crippen molar-refractivity contribution in [1.29, 1.82) is 0 Å². The maximum absolute atomic E-state index is 12.2. The molecule has 0 atom stereocenters. The van der Waals surface area contributed by atoms with E-state index in [1.807, 2.05) is 24.3 Å². The monoisotopic (exact) mass is 334 g/mol. The second-order valence-electron chi connectivity index (χ2n) is 5.13. The molecule has 8 heteroatoms. The van der Waals surface area contributed by atoms with Crippen LogP contribution in [-0.4, -0.2) is 49.0 Å². The van der Waals surface area contributed by atoms with E-state index in [2.05, 4.69) is 14.7 Å². The molecule has 1 aliphatic rings. The molecule has 0 aromatic carbocycles. The van der Waals surface area contributed by atoms with Crippen molar-refractivity contribution in [3.8, 4) is 11.3 Å². The molecule has 23 heavy (non-hydrogen) atoms.